The summed E-state index contributed by atoms with van der Waals surface area (Å²) in [6.45, 7) is -3.05. The number of hydrogen-bond acceptors (Lipinski definition) is 4. The molecule has 0 saturated heterocycles. The third-order valence-corrected chi connectivity index (χ3v) is 4.55. The van der Waals surface area contributed by atoms with Gasteiger partial charge in [0.05, 0.1) is 35.8 Å². The van der Waals surface area contributed by atoms with Crippen molar-refractivity contribution in [3.63, 3.8) is 0 Å². The zero-order chi connectivity index (χ0) is 19.4. The maximum atomic E-state index is 14.1. The van der Waals surface area contributed by atoms with Crippen LogP contribution in [0, 0.1) is 5.82 Å². The summed E-state index contributed by atoms with van der Waals surface area (Å²) in [5.41, 5.74) is 1.22. The van der Waals surface area contributed by atoms with Crippen LogP contribution in [0.25, 0.3) is 11.1 Å². The second kappa shape index (κ2) is 8.81. The SMILES string of the molecule is Fc1cncc(Cl)c1-c1cnn(C(CCOC(F)F)c2ccc(Br)cn2)c1. The van der Waals surface area contributed by atoms with E-state index < -0.39 is 18.5 Å². The molecule has 0 fully saturated rings. The number of hydrogen-bond donors (Lipinski definition) is 0. The van der Waals surface area contributed by atoms with E-state index in [0.29, 0.717) is 11.3 Å². The molecule has 0 bridgehead atoms. The lowest BCUT2D eigenvalue weighted by Crippen LogP contribution is -2.16. The first-order valence-corrected chi connectivity index (χ1v) is 8.97. The Labute approximate surface area is 166 Å². The molecule has 0 aromatic carbocycles. The summed E-state index contributed by atoms with van der Waals surface area (Å²) in [5, 5.41) is 4.40. The van der Waals surface area contributed by atoms with E-state index in [1.165, 1.54) is 17.1 Å². The van der Waals surface area contributed by atoms with Gasteiger partial charge in [-0.25, -0.2) is 4.39 Å². The van der Waals surface area contributed by atoms with Crippen molar-refractivity contribution >= 4 is 27.5 Å². The van der Waals surface area contributed by atoms with E-state index in [-0.39, 0.29) is 23.6 Å². The summed E-state index contributed by atoms with van der Waals surface area (Å²) >= 11 is 9.35. The lowest BCUT2D eigenvalue weighted by atomic mass is 10.1. The molecular weight excluding hydrogens is 449 g/mol. The minimum Gasteiger partial charge on any atom is -0.323 e. The zero-order valence-corrected chi connectivity index (χ0v) is 16.0. The van der Waals surface area contributed by atoms with Gasteiger partial charge in [0.15, 0.2) is 5.82 Å². The topological polar surface area (TPSA) is 52.8 Å². The average Bonchev–Trinajstić information content (AvgIpc) is 3.09. The molecule has 142 valence electrons. The fraction of sp³-hybridized carbons (Fsp3) is 0.235. The van der Waals surface area contributed by atoms with Crippen molar-refractivity contribution in [3.8, 4) is 11.1 Å². The van der Waals surface area contributed by atoms with E-state index in [9.17, 15) is 13.2 Å². The van der Waals surface area contributed by atoms with Crippen molar-refractivity contribution < 1.29 is 17.9 Å². The number of aromatic nitrogens is 4. The van der Waals surface area contributed by atoms with Gasteiger partial charge in [0, 0.05) is 34.2 Å². The van der Waals surface area contributed by atoms with E-state index in [1.807, 2.05) is 0 Å². The van der Waals surface area contributed by atoms with Gasteiger partial charge in [-0.1, -0.05) is 11.6 Å². The Morgan fingerprint density at radius 3 is 2.67 bits per heavy atom. The highest BCUT2D eigenvalue weighted by Gasteiger charge is 2.20. The fourth-order valence-electron chi connectivity index (χ4n) is 2.59. The number of rotatable bonds is 7. The van der Waals surface area contributed by atoms with Crippen molar-refractivity contribution in [2.45, 2.75) is 19.1 Å². The molecule has 0 radical (unpaired) electrons. The molecular formula is C17H13BrClF3N4O. The first-order valence-electron chi connectivity index (χ1n) is 7.80. The molecule has 3 rings (SSSR count). The number of nitrogens with zero attached hydrogens (tertiary/aromatic N) is 4. The number of ether oxygens (including phenoxy) is 1. The molecule has 3 aromatic heterocycles. The molecule has 3 aromatic rings. The van der Waals surface area contributed by atoms with Gasteiger partial charge in [-0.15, -0.1) is 0 Å². The van der Waals surface area contributed by atoms with Gasteiger partial charge in [-0.3, -0.25) is 14.6 Å². The average molecular weight is 462 g/mol. The van der Waals surface area contributed by atoms with Crippen LogP contribution >= 0.6 is 27.5 Å². The number of pyridine rings is 2. The summed E-state index contributed by atoms with van der Waals surface area (Å²) in [4.78, 5) is 8.00. The molecule has 0 aliphatic carbocycles. The van der Waals surface area contributed by atoms with Crippen molar-refractivity contribution in [1.82, 2.24) is 19.7 Å². The Bertz CT molecular complexity index is 887. The monoisotopic (exact) mass is 460 g/mol. The van der Waals surface area contributed by atoms with Crippen LogP contribution in [0.15, 0.2) is 47.6 Å². The van der Waals surface area contributed by atoms with Crippen molar-refractivity contribution in [1.29, 1.82) is 0 Å². The van der Waals surface area contributed by atoms with Crippen LogP contribution in [0.3, 0.4) is 0 Å². The molecule has 0 saturated carbocycles. The number of alkyl halides is 2. The van der Waals surface area contributed by atoms with Crippen molar-refractivity contribution in [3.05, 3.63) is 64.1 Å². The second-order valence-corrected chi connectivity index (χ2v) is 6.85. The van der Waals surface area contributed by atoms with Gasteiger partial charge in [0.1, 0.15) is 0 Å². The van der Waals surface area contributed by atoms with Gasteiger partial charge in [0.25, 0.3) is 0 Å². The van der Waals surface area contributed by atoms with Crippen molar-refractivity contribution in [2.75, 3.05) is 6.61 Å². The highest BCUT2D eigenvalue weighted by Crippen LogP contribution is 2.31. The second-order valence-electron chi connectivity index (χ2n) is 5.52. The lowest BCUT2D eigenvalue weighted by Gasteiger charge is -2.17. The van der Waals surface area contributed by atoms with Crippen LogP contribution in [0.5, 0.6) is 0 Å². The molecule has 1 atom stereocenters. The maximum Gasteiger partial charge on any atom is 0.345 e. The highest BCUT2D eigenvalue weighted by molar-refractivity contribution is 9.10. The molecule has 10 heteroatoms. The highest BCUT2D eigenvalue weighted by atomic mass is 79.9. The van der Waals surface area contributed by atoms with Crippen LogP contribution in [-0.2, 0) is 4.74 Å². The summed E-state index contributed by atoms with van der Waals surface area (Å²) in [7, 11) is 0. The van der Waals surface area contributed by atoms with E-state index in [4.69, 9.17) is 11.6 Å². The smallest absolute Gasteiger partial charge is 0.323 e. The van der Waals surface area contributed by atoms with E-state index in [1.54, 1.807) is 24.5 Å². The summed E-state index contributed by atoms with van der Waals surface area (Å²) in [6.07, 6.45) is 7.22. The lowest BCUT2D eigenvalue weighted by molar-refractivity contribution is -0.130. The fourth-order valence-corrected chi connectivity index (χ4v) is 3.08. The minimum atomic E-state index is -2.86. The van der Waals surface area contributed by atoms with E-state index in [0.717, 1.165) is 10.7 Å². The van der Waals surface area contributed by atoms with Crippen LogP contribution in [-0.4, -0.2) is 33.0 Å². The summed E-state index contributed by atoms with van der Waals surface area (Å²) in [6, 6.07) is 3.06. The van der Waals surface area contributed by atoms with Gasteiger partial charge in [-0.05, 0) is 34.5 Å². The Morgan fingerprint density at radius 2 is 2.00 bits per heavy atom. The normalized spacial score (nSPS) is 12.5. The van der Waals surface area contributed by atoms with Gasteiger partial charge in [-0.2, -0.15) is 13.9 Å². The quantitative estimate of drug-likeness (QED) is 0.490. The van der Waals surface area contributed by atoms with Crippen LogP contribution < -0.4 is 0 Å². The number of halogens is 5. The zero-order valence-electron chi connectivity index (χ0n) is 13.7. The third kappa shape index (κ3) is 4.85. The molecule has 0 aliphatic heterocycles. The molecule has 0 spiro atoms. The van der Waals surface area contributed by atoms with Crippen LogP contribution in [0.1, 0.15) is 18.2 Å². The molecule has 27 heavy (non-hydrogen) atoms. The largest absolute Gasteiger partial charge is 0.345 e. The standard InChI is InChI=1S/C17H13BrClF3N4O/c18-11-1-2-14(24-6-11)15(3-4-27-17(21)22)26-9-10(5-25-26)16-12(19)7-23-8-13(16)20/h1-2,5-9,15,17H,3-4H2. The Morgan fingerprint density at radius 1 is 1.19 bits per heavy atom. The predicted octanol–water partition coefficient (Wildman–Crippen LogP) is 5.11. The van der Waals surface area contributed by atoms with Gasteiger partial charge < -0.3 is 4.74 Å². The van der Waals surface area contributed by atoms with Gasteiger partial charge >= 0.3 is 6.61 Å². The first-order chi connectivity index (χ1) is 13.0. The Hall–Kier alpha value is -1.97. The Kier molecular flexibility index (Phi) is 6.46. The predicted molar refractivity (Wildman–Crippen MR) is 97.1 cm³/mol. The molecule has 0 aliphatic rings. The van der Waals surface area contributed by atoms with E-state index >= 15 is 0 Å². The molecule has 3 heterocycles. The van der Waals surface area contributed by atoms with Gasteiger partial charge in [0.2, 0.25) is 0 Å². The van der Waals surface area contributed by atoms with E-state index in [2.05, 4.69) is 35.7 Å². The molecule has 1 unspecified atom stereocenters. The van der Waals surface area contributed by atoms with Crippen molar-refractivity contribution in [2.24, 2.45) is 0 Å². The third-order valence-electron chi connectivity index (χ3n) is 3.79. The minimum absolute atomic E-state index is 0.147. The summed E-state index contributed by atoms with van der Waals surface area (Å²) < 4.78 is 45.4. The molecule has 5 nitrogen and oxygen atoms in total. The van der Waals surface area contributed by atoms with Crippen LogP contribution in [0.2, 0.25) is 5.02 Å². The maximum absolute atomic E-state index is 14.1. The molecule has 0 N–H and O–H groups in total. The first kappa shape index (κ1) is 19.8. The van der Waals surface area contributed by atoms with Crippen LogP contribution in [0.4, 0.5) is 13.2 Å². The molecule has 0 amide bonds. The summed E-state index contributed by atoms with van der Waals surface area (Å²) in [5.74, 6) is -0.582. The Balaban J connectivity index is 1.93.